The van der Waals surface area contributed by atoms with E-state index in [0.29, 0.717) is 0 Å². The Bertz CT molecular complexity index is 825. The molecule has 0 saturated carbocycles. The van der Waals surface area contributed by atoms with Crippen molar-refractivity contribution in [3.05, 3.63) is 47.0 Å². The summed E-state index contributed by atoms with van der Waals surface area (Å²) in [5.41, 5.74) is 2.36. The summed E-state index contributed by atoms with van der Waals surface area (Å²) in [7, 11) is 0. The lowest BCUT2D eigenvalue weighted by Crippen LogP contribution is -2.21. The van der Waals surface area contributed by atoms with E-state index in [0.717, 1.165) is 11.9 Å². The van der Waals surface area contributed by atoms with Crippen LogP contribution in [-0.2, 0) is 0 Å². The molecule has 4 rings (SSSR count). The molecule has 16 heavy (non-hydrogen) atoms. The molecule has 2 nitrogen and oxygen atoms in total. The zero-order valence-corrected chi connectivity index (χ0v) is 8.70. The quantitative estimate of drug-likeness (QED) is 0.580. The number of hydrogen-bond donors (Lipinski definition) is 1. The van der Waals surface area contributed by atoms with Crippen LogP contribution in [0.4, 0.5) is 0 Å². The van der Waals surface area contributed by atoms with E-state index in [1.165, 1.54) is 27.0 Å². The minimum atomic E-state index is 0.809. The van der Waals surface area contributed by atoms with Crippen molar-refractivity contribution in [3.8, 4) is 0 Å². The monoisotopic (exact) mass is 206 g/mol. The lowest BCUT2D eigenvalue weighted by molar-refractivity contribution is 1.23. The van der Waals surface area contributed by atoms with Gasteiger partial charge in [0.1, 0.15) is 0 Å². The Balaban J connectivity index is 2.39. The predicted octanol–water partition coefficient (Wildman–Crippen LogP) is 1.73. The first-order valence-corrected chi connectivity index (χ1v) is 5.47. The van der Waals surface area contributed by atoms with Gasteiger partial charge >= 0.3 is 0 Å². The van der Waals surface area contributed by atoms with Gasteiger partial charge in [-0.2, -0.15) is 0 Å². The minimum Gasteiger partial charge on any atom is -0.353 e. The van der Waals surface area contributed by atoms with Crippen LogP contribution in [0.2, 0.25) is 0 Å². The summed E-state index contributed by atoms with van der Waals surface area (Å²) in [6.45, 7) is 0.809. The maximum Gasteiger partial charge on any atom is 0.0889 e. The van der Waals surface area contributed by atoms with Gasteiger partial charge in [0, 0.05) is 16.3 Å². The van der Waals surface area contributed by atoms with Crippen LogP contribution in [0.1, 0.15) is 0 Å². The van der Waals surface area contributed by atoms with Crippen LogP contribution in [0, 0.1) is 0 Å². The second-order valence-corrected chi connectivity index (χ2v) is 4.14. The Morgan fingerprint density at radius 1 is 1.00 bits per heavy atom. The summed E-state index contributed by atoms with van der Waals surface area (Å²) in [6, 6.07) is 12.7. The van der Waals surface area contributed by atoms with Gasteiger partial charge in [0.2, 0.25) is 0 Å². The number of hydrogen-bond acceptors (Lipinski definition) is 1. The molecule has 0 spiro atoms. The van der Waals surface area contributed by atoms with Gasteiger partial charge in [-0.25, -0.2) is 0 Å². The predicted molar refractivity (Wildman–Crippen MR) is 65.9 cm³/mol. The van der Waals surface area contributed by atoms with Crippen LogP contribution in [0.25, 0.3) is 27.9 Å². The first kappa shape index (κ1) is 8.11. The van der Waals surface area contributed by atoms with Crippen LogP contribution < -0.4 is 10.6 Å². The lowest BCUT2D eigenvalue weighted by Gasteiger charge is -1.90. The Hall–Kier alpha value is -2.09. The highest BCUT2D eigenvalue weighted by Crippen LogP contribution is 2.21. The topological polar surface area (TPSA) is 28.1 Å². The minimum absolute atomic E-state index is 0.809. The van der Waals surface area contributed by atoms with E-state index in [1.807, 2.05) is 0 Å². The van der Waals surface area contributed by atoms with Gasteiger partial charge in [0.05, 0.1) is 17.4 Å². The highest BCUT2D eigenvalue weighted by molar-refractivity contribution is 6.07. The molecule has 1 N–H and O–H groups in total. The van der Waals surface area contributed by atoms with Gasteiger partial charge in [0.25, 0.3) is 0 Å². The van der Waals surface area contributed by atoms with E-state index < -0.39 is 0 Å². The third-order valence-electron chi connectivity index (χ3n) is 3.25. The van der Waals surface area contributed by atoms with Gasteiger partial charge in [0.15, 0.2) is 0 Å². The Labute approximate surface area is 91.9 Å². The van der Waals surface area contributed by atoms with Crippen LogP contribution in [0.5, 0.6) is 0 Å². The van der Waals surface area contributed by atoms with E-state index in [1.54, 1.807) is 0 Å². The summed E-state index contributed by atoms with van der Waals surface area (Å²) in [6.07, 6.45) is 2.17. The van der Waals surface area contributed by atoms with Crippen molar-refractivity contribution in [2.45, 2.75) is 0 Å². The zero-order valence-electron chi connectivity index (χ0n) is 8.70. The Morgan fingerprint density at radius 2 is 1.94 bits per heavy atom. The van der Waals surface area contributed by atoms with E-state index in [9.17, 15) is 0 Å². The molecule has 2 heterocycles. The van der Waals surface area contributed by atoms with Crippen LogP contribution >= 0.6 is 0 Å². The molecular weight excluding hydrogens is 196 g/mol. The van der Waals surface area contributed by atoms with E-state index in [4.69, 9.17) is 0 Å². The summed E-state index contributed by atoms with van der Waals surface area (Å²) in [4.78, 5) is 8.00. The standard InChI is InChI=1S/C14H10N2/c1-2-4-12-10(3-1)11-6-5-9-7-8-15-13(9)14(11)16-12/h1-7,16H,8H2. The summed E-state index contributed by atoms with van der Waals surface area (Å²) in [5, 5.41) is 4.92. The molecule has 1 aliphatic rings. The number of para-hydroxylation sites is 1. The number of nitrogens with one attached hydrogen (secondary N) is 1. The fourth-order valence-electron chi connectivity index (χ4n) is 2.49. The normalized spacial score (nSPS) is 13.8. The van der Waals surface area contributed by atoms with Crippen molar-refractivity contribution < 1.29 is 0 Å². The second-order valence-electron chi connectivity index (χ2n) is 4.14. The highest BCUT2D eigenvalue weighted by atomic mass is 14.8. The molecule has 0 fully saturated rings. The average molecular weight is 206 g/mol. The third kappa shape index (κ3) is 0.890. The number of fused-ring (bicyclic) bond motifs is 5. The van der Waals surface area contributed by atoms with Crippen molar-refractivity contribution in [2.24, 2.45) is 4.99 Å². The van der Waals surface area contributed by atoms with Gasteiger partial charge in [-0.1, -0.05) is 36.4 Å². The second kappa shape index (κ2) is 2.73. The fraction of sp³-hybridized carbons (Fsp3) is 0.0714. The first-order valence-electron chi connectivity index (χ1n) is 5.47. The van der Waals surface area contributed by atoms with Crippen LogP contribution in [-0.4, -0.2) is 11.5 Å². The molecule has 0 bridgehead atoms. The summed E-state index contributed by atoms with van der Waals surface area (Å²) >= 11 is 0. The first-order chi connectivity index (χ1) is 7.93. The molecule has 2 heteroatoms. The molecule has 0 amide bonds. The molecule has 3 aromatic rings. The molecule has 76 valence electrons. The fourth-order valence-corrected chi connectivity index (χ4v) is 2.49. The molecule has 0 aliphatic carbocycles. The van der Waals surface area contributed by atoms with Gasteiger partial charge < -0.3 is 4.98 Å². The maximum absolute atomic E-state index is 4.54. The van der Waals surface area contributed by atoms with E-state index in [2.05, 4.69) is 52.5 Å². The third-order valence-corrected chi connectivity index (χ3v) is 3.25. The molecule has 1 aliphatic heterocycles. The lowest BCUT2D eigenvalue weighted by atomic mass is 10.1. The van der Waals surface area contributed by atoms with E-state index in [-0.39, 0.29) is 0 Å². The SMILES string of the molecule is C1=c2ccc3c([nH]c4ccccc43)c2=NC1. The molecular formula is C14H10N2. The summed E-state index contributed by atoms with van der Waals surface area (Å²) < 4.78 is 0. The molecule has 1 aromatic heterocycles. The number of H-pyrrole nitrogens is 1. The Morgan fingerprint density at radius 3 is 2.94 bits per heavy atom. The van der Waals surface area contributed by atoms with Gasteiger partial charge in [-0.05, 0) is 11.3 Å². The number of benzene rings is 2. The number of aromatic amines is 1. The van der Waals surface area contributed by atoms with Crippen molar-refractivity contribution >= 4 is 27.9 Å². The maximum atomic E-state index is 4.54. The number of aromatic nitrogens is 1. The van der Waals surface area contributed by atoms with Crippen molar-refractivity contribution in [2.75, 3.05) is 6.54 Å². The van der Waals surface area contributed by atoms with Crippen molar-refractivity contribution in [1.29, 1.82) is 0 Å². The zero-order chi connectivity index (χ0) is 10.5. The van der Waals surface area contributed by atoms with Crippen LogP contribution in [0.15, 0.2) is 41.4 Å². The summed E-state index contributed by atoms with van der Waals surface area (Å²) in [5.74, 6) is 0. The van der Waals surface area contributed by atoms with Gasteiger partial charge in [-0.15, -0.1) is 0 Å². The molecule has 2 aromatic carbocycles. The smallest absolute Gasteiger partial charge is 0.0889 e. The van der Waals surface area contributed by atoms with Crippen molar-refractivity contribution in [1.82, 2.24) is 4.98 Å². The van der Waals surface area contributed by atoms with Crippen LogP contribution in [0.3, 0.4) is 0 Å². The van der Waals surface area contributed by atoms with Gasteiger partial charge in [-0.3, -0.25) is 4.99 Å². The van der Waals surface area contributed by atoms with Crippen molar-refractivity contribution in [3.63, 3.8) is 0 Å². The average Bonchev–Trinajstić information content (AvgIpc) is 2.92. The number of nitrogens with zero attached hydrogens (tertiary/aromatic N) is 1. The molecule has 0 radical (unpaired) electrons. The Kier molecular flexibility index (Phi) is 1.38. The highest BCUT2D eigenvalue weighted by Gasteiger charge is 2.06. The molecule has 0 saturated heterocycles. The molecule has 0 unspecified atom stereocenters. The molecule has 0 atom stereocenters. The number of rotatable bonds is 0. The largest absolute Gasteiger partial charge is 0.353 e. The van der Waals surface area contributed by atoms with E-state index >= 15 is 0 Å².